The number of thioether (sulfide) groups is 1. The summed E-state index contributed by atoms with van der Waals surface area (Å²) in [4.78, 5) is 18.6. The number of nitro groups is 1. The van der Waals surface area contributed by atoms with Gasteiger partial charge in [-0.25, -0.2) is 4.99 Å². The quantitative estimate of drug-likeness (QED) is 0.518. The van der Waals surface area contributed by atoms with Crippen LogP contribution in [-0.4, -0.2) is 32.3 Å². The number of rotatable bonds is 3. The van der Waals surface area contributed by atoms with Gasteiger partial charge in [-0.1, -0.05) is 37.4 Å². The monoisotopic (exact) mass is 373 g/mol. The maximum absolute atomic E-state index is 11.2. The van der Waals surface area contributed by atoms with E-state index >= 15 is 0 Å². The molecule has 0 radical (unpaired) electrons. The lowest BCUT2D eigenvalue weighted by atomic mass is 9.95. The zero-order valence-corrected chi connectivity index (χ0v) is 16.5. The third kappa shape index (κ3) is 2.92. The van der Waals surface area contributed by atoms with E-state index < -0.39 is 0 Å². The highest BCUT2D eigenvalue weighted by atomic mass is 32.2. The van der Waals surface area contributed by atoms with Gasteiger partial charge in [0.25, 0.3) is 5.69 Å². The molecule has 1 aromatic carbocycles. The highest BCUT2D eigenvalue weighted by molar-refractivity contribution is 8.14. The van der Waals surface area contributed by atoms with Crippen LogP contribution in [0.5, 0.6) is 0 Å². The summed E-state index contributed by atoms with van der Waals surface area (Å²) < 4.78 is 0. The Hall–Kier alpha value is -1.56. The van der Waals surface area contributed by atoms with E-state index in [1.54, 1.807) is 6.07 Å². The lowest BCUT2D eigenvalue weighted by molar-refractivity contribution is -0.385. The van der Waals surface area contributed by atoms with Crippen LogP contribution >= 0.6 is 11.8 Å². The first-order valence-electron chi connectivity index (χ1n) is 9.77. The minimum Gasteiger partial charge on any atom is -0.342 e. The molecule has 0 unspecified atom stereocenters. The Bertz CT molecular complexity index is 750. The molecule has 26 heavy (non-hydrogen) atoms. The van der Waals surface area contributed by atoms with Crippen molar-refractivity contribution in [1.82, 2.24) is 4.90 Å². The molecule has 3 fully saturated rings. The zero-order chi connectivity index (χ0) is 18.3. The van der Waals surface area contributed by atoms with Crippen LogP contribution in [0.1, 0.15) is 62.5 Å². The molecule has 1 aliphatic heterocycles. The van der Waals surface area contributed by atoms with Gasteiger partial charge in [-0.2, -0.15) is 0 Å². The lowest BCUT2D eigenvalue weighted by Crippen LogP contribution is -2.50. The second kappa shape index (κ2) is 6.87. The molecule has 0 bridgehead atoms. The van der Waals surface area contributed by atoms with Crippen LogP contribution in [-0.2, 0) is 0 Å². The van der Waals surface area contributed by atoms with E-state index in [4.69, 9.17) is 4.99 Å². The Kier molecular flexibility index (Phi) is 4.71. The molecule has 6 heteroatoms. The van der Waals surface area contributed by atoms with E-state index in [1.807, 2.05) is 31.7 Å². The Labute approximate surface area is 159 Å². The molecule has 5 nitrogen and oxygen atoms in total. The number of amidine groups is 1. The summed E-state index contributed by atoms with van der Waals surface area (Å²) in [5.74, 6) is 1.15. The standard InChI is InChI=1S/C20H27N3O2S/c1-14-15(2)18(23(24)25)10-9-17(14)21-19-22(16-7-3-4-8-16)20(13-26-19)11-5-6-12-20/h9-10,16H,3-8,11-13H2,1-2H3/b21-19+. The fourth-order valence-electron chi connectivity index (χ4n) is 4.97. The number of nitrogens with zero attached hydrogens (tertiary/aromatic N) is 3. The largest absolute Gasteiger partial charge is 0.342 e. The van der Waals surface area contributed by atoms with E-state index in [2.05, 4.69) is 4.90 Å². The summed E-state index contributed by atoms with van der Waals surface area (Å²) in [5.41, 5.74) is 3.02. The Morgan fingerprint density at radius 2 is 1.85 bits per heavy atom. The molecule has 1 heterocycles. The molecule has 1 saturated heterocycles. The van der Waals surface area contributed by atoms with Gasteiger partial charge in [0.15, 0.2) is 5.17 Å². The van der Waals surface area contributed by atoms with Crippen molar-refractivity contribution in [3.8, 4) is 0 Å². The number of hydrogen-bond acceptors (Lipinski definition) is 4. The van der Waals surface area contributed by atoms with Crippen molar-refractivity contribution in [2.24, 2.45) is 4.99 Å². The van der Waals surface area contributed by atoms with Gasteiger partial charge in [0.1, 0.15) is 0 Å². The van der Waals surface area contributed by atoms with Crippen LogP contribution < -0.4 is 0 Å². The normalized spacial score (nSPS) is 24.2. The molecule has 1 aromatic rings. The van der Waals surface area contributed by atoms with Gasteiger partial charge in [-0.05, 0) is 51.2 Å². The maximum Gasteiger partial charge on any atom is 0.272 e. The predicted molar refractivity (Wildman–Crippen MR) is 107 cm³/mol. The van der Waals surface area contributed by atoms with Crippen LogP contribution in [0.3, 0.4) is 0 Å². The van der Waals surface area contributed by atoms with Gasteiger partial charge >= 0.3 is 0 Å². The summed E-state index contributed by atoms with van der Waals surface area (Å²) in [6.45, 7) is 3.78. The van der Waals surface area contributed by atoms with Crippen molar-refractivity contribution in [2.45, 2.75) is 76.8 Å². The third-order valence-corrected chi connectivity index (χ3v) is 7.78. The van der Waals surface area contributed by atoms with Crippen molar-refractivity contribution >= 4 is 28.3 Å². The van der Waals surface area contributed by atoms with Crippen molar-refractivity contribution in [2.75, 3.05) is 5.75 Å². The van der Waals surface area contributed by atoms with E-state index in [9.17, 15) is 10.1 Å². The summed E-state index contributed by atoms with van der Waals surface area (Å²) in [6.07, 6.45) is 10.4. The molecule has 0 N–H and O–H groups in total. The molecular formula is C20H27N3O2S. The number of hydrogen-bond donors (Lipinski definition) is 0. The van der Waals surface area contributed by atoms with Gasteiger partial charge < -0.3 is 4.90 Å². The Balaban J connectivity index is 1.72. The van der Waals surface area contributed by atoms with E-state index in [1.165, 1.54) is 51.4 Å². The molecule has 0 amide bonds. The summed E-state index contributed by atoms with van der Waals surface area (Å²) in [6, 6.07) is 4.05. The van der Waals surface area contributed by atoms with Crippen molar-refractivity contribution in [3.05, 3.63) is 33.4 Å². The predicted octanol–water partition coefficient (Wildman–Crippen LogP) is 5.50. The molecule has 1 spiro atoms. The number of nitro benzene ring substituents is 1. The molecule has 2 saturated carbocycles. The SMILES string of the molecule is Cc1c(/N=C2/SCC3(CCCC3)N2C2CCCC2)ccc([N+](=O)[O-])c1C. The zero-order valence-electron chi connectivity index (χ0n) is 15.7. The fraction of sp³-hybridized carbons (Fsp3) is 0.650. The van der Waals surface area contributed by atoms with Gasteiger partial charge in [0.05, 0.1) is 16.1 Å². The average molecular weight is 374 g/mol. The molecule has 3 aliphatic rings. The van der Waals surface area contributed by atoms with Crippen LogP contribution in [0.4, 0.5) is 11.4 Å². The number of benzene rings is 1. The van der Waals surface area contributed by atoms with E-state index in [0.717, 1.165) is 27.7 Å². The molecule has 0 atom stereocenters. The van der Waals surface area contributed by atoms with Crippen molar-refractivity contribution < 1.29 is 4.92 Å². The van der Waals surface area contributed by atoms with Crippen molar-refractivity contribution in [1.29, 1.82) is 0 Å². The first kappa shape index (κ1) is 17.8. The van der Waals surface area contributed by atoms with E-state index in [-0.39, 0.29) is 10.6 Å². The molecule has 0 aromatic heterocycles. The molecule has 4 rings (SSSR count). The molecular weight excluding hydrogens is 346 g/mol. The fourth-order valence-corrected chi connectivity index (χ4v) is 6.44. The van der Waals surface area contributed by atoms with Gasteiger partial charge in [0, 0.05) is 23.4 Å². The lowest BCUT2D eigenvalue weighted by Gasteiger charge is -2.40. The van der Waals surface area contributed by atoms with Gasteiger partial charge in [-0.3, -0.25) is 10.1 Å². The van der Waals surface area contributed by atoms with E-state index in [0.29, 0.717) is 11.6 Å². The highest BCUT2D eigenvalue weighted by Gasteiger charge is 2.49. The molecule has 140 valence electrons. The summed E-state index contributed by atoms with van der Waals surface area (Å²) in [5, 5.41) is 12.3. The van der Waals surface area contributed by atoms with Crippen LogP contribution in [0, 0.1) is 24.0 Å². The van der Waals surface area contributed by atoms with Crippen LogP contribution in [0.25, 0.3) is 0 Å². The smallest absolute Gasteiger partial charge is 0.272 e. The topological polar surface area (TPSA) is 58.7 Å². The van der Waals surface area contributed by atoms with Crippen molar-refractivity contribution in [3.63, 3.8) is 0 Å². The molecule has 2 aliphatic carbocycles. The average Bonchev–Trinajstić information content (AvgIpc) is 3.35. The maximum atomic E-state index is 11.2. The number of aliphatic imine (C=N–C) groups is 1. The minimum absolute atomic E-state index is 0.186. The highest BCUT2D eigenvalue weighted by Crippen LogP contribution is 2.48. The van der Waals surface area contributed by atoms with Gasteiger partial charge in [-0.15, -0.1) is 0 Å². The third-order valence-electron chi connectivity index (χ3n) is 6.55. The first-order valence-corrected chi connectivity index (χ1v) is 10.8. The Morgan fingerprint density at radius 1 is 1.15 bits per heavy atom. The first-order chi connectivity index (χ1) is 12.5. The Morgan fingerprint density at radius 3 is 2.50 bits per heavy atom. The van der Waals surface area contributed by atoms with Gasteiger partial charge in [0.2, 0.25) is 0 Å². The second-order valence-corrected chi connectivity index (χ2v) is 8.98. The van der Waals surface area contributed by atoms with Crippen LogP contribution in [0.15, 0.2) is 17.1 Å². The summed E-state index contributed by atoms with van der Waals surface area (Å²) in [7, 11) is 0. The van der Waals surface area contributed by atoms with Crippen LogP contribution in [0.2, 0.25) is 0 Å². The second-order valence-electron chi connectivity index (χ2n) is 8.03. The minimum atomic E-state index is -0.304. The summed E-state index contributed by atoms with van der Waals surface area (Å²) >= 11 is 1.90.